The van der Waals surface area contributed by atoms with Crippen molar-refractivity contribution in [2.24, 2.45) is 0 Å². The molecule has 0 radical (unpaired) electrons. The number of morpholine rings is 1. The van der Waals surface area contributed by atoms with E-state index in [1.165, 1.54) is 12.1 Å². The summed E-state index contributed by atoms with van der Waals surface area (Å²) in [6, 6.07) is 26.1. The predicted octanol–water partition coefficient (Wildman–Crippen LogP) is 2.66. The van der Waals surface area contributed by atoms with Crippen molar-refractivity contribution in [3.63, 3.8) is 0 Å². The molecular formula is C27H30NO6-. The molecular weight excluding hydrogens is 434 g/mol. The van der Waals surface area contributed by atoms with E-state index in [1.54, 1.807) is 18.2 Å². The first-order chi connectivity index (χ1) is 16.6. The van der Waals surface area contributed by atoms with E-state index in [-0.39, 0.29) is 12.2 Å². The lowest BCUT2D eigenvalue weighted by molar-refractivity contribution is -0.315. The number of para-hydroxylation sites is 2. The van der Waals surface area contributed by atoms with Gasteiger partial charge in [0.1, 0.15) is 12.2 Å². The van der Waals surface area contributed by atoms with E-state index in [1.807, 2.05) is 49.4 Å². The van der Waals surface area contributed by atoms with Crippen LogP contribution < -0.4 is 19.9 Å². The highest BCUT2D eigenvalue weighted by atomic mass is 16.6. The first-order valence-corrected chi connectivity index (χ1v) is 11.3. The predicted molar refractivity (Wildman–Crippen MR) is 126 cm³/mol. The van der Waals surface area contributed by atoms with Crippen molar-refractivity contribution in [3.05, 3.63) is 96.1 Å². The number of hydrogen-bond donors (Lipinski definition) is 2. The Morgan fingerprint density at radius 1 is 1.00 bits per heavy atom. The van der Waals surface area contributed by atoms with Gasteiger partial charge in [-0.15, -0.1) is 0 Å². The van der Waals surface area contributed by atoms with Gasteiger partial charge in [-0.1, -0.05) is 72.8 Å². The molecule has 0 saturated carbocycles. The third-order valence-electron chi connectivity index (χ3n) is 5.16. The third kappa shape index (κ3) is 7.31. The van der Waals surface area contributed by atoms with E-state index in [0.29, 0.717) is 18.8 Å². The molecule has 1 heterocycles. The van der Waals surface area contributed by atoms with Crippen molar-refractivity contribution in [1.82, 2.24) is 5.32 Å². The second kappa shape index (κ2) is 13.3. The summed E-state index contributed by atoms with van der Waals surface area (Å²) in [6.45, 7) is 4.94. The lowest BCUT2D eigenvalue weighted by Gasteiger charge is -2.32. The van der Waals surface area contributed by atoms with Crippen molar-refractivity contribution in [2.75, 3.05) is 26.3 Å². The Labute approximate surface area is 199 Å². The number of rotatable bonds is 8. The van der Waals surface area contributed by atoms with Gasteiger partial charge in [0.2, 0.25) is 0 Å². The fourth-order valence-corrected chi connectivity index (χ4v) is 3.51. The summed E-state index contributed by atoms with van der Waals surface area (Å²) in [5.41, 5.74) is 1.44. The Morgan fingerprint density at radius 3 is 2.15 bits per heavy atom. The molecule has 4 rings (SSSR count). The van der Waals surface area contributed by atoms with Crippen molar-refractivity contribution in [2.45, 2.75) is 25.2 Å². The zero-order valence-electron chi connectivity index (χ0n) is 19.1. The highest BCUT2D eigenvalue weighted by molar-refractivity contribution is 5.71. The molecule has 3 aromatic carbocycles. The number of carbonyl (C=O) groups is 1. The van der Waals surface area contributed by atoms with Crippen LogP contribution in [0.2, 0.25) is 0 Å². The van der Waals surface area contributed by atoms with E-state index in [4.69, 9.17) is 19.3 Å². The Kier molecular flexibility index (Phi) is 9.91. The zero-order valence-corrected chi connectivity index (χ0v) is 19.1. The van der Waals surface area contributed by atoms with Gasteiger partial charge in [-0.3, -0.25) is 0 Å². The van der Waals surface area contributed by atoms with E-state index in [9.17, 15) is 9.90 Å². The highest BCUT2D eigenvalue weighted by Gasteiger charge is 2.28. The number of hydrogen-bond acceptors (Lipinski definition) is 7. The fraction of sp³-hybridized carbons (Fsp3) is 0.296. The maximum atomic E-state index is 10.1. The molecule has 1 saturated heterocycles. The van der Waals surface area contributed by atoms with Crippen LogP contribution in [-0.4, -0.2) is 43.5 Å². The van der Waals surface area contributed by atoms with Crippen LogP contribution in [0.25, 0.3) is 0 Å². The smallest absolute Gasteiger partial charge is 0.162 e. The van der Waals surface area contributed by atoms with Crippen LogP contribution in [0.4, 0.5) is 0 Å². The van der Waals surface area contributed by atoms with Crippen molar-refractivity contribution >= 4 is 5.97 Å². The van der Waals surface area contributed by atoms with E-state index < -0.39 is 12.1 Å². The van der Waals surface area contributed by atoms with Crippen molar-refractivity contribution < 1.29 is 29.2 Å². The molecule has 0 amide bonds. The van der Waals surface area contributed by atoms with Crippen molar-refractivity contribution in [3.8, 4) is 11.5 Å². The first-order valence-electron chi connectivity index (χ1n) is 11.3. The van der Waals surface area contributed by atoms with Gasteiger partial charge in [0, 0.05) is 13.1 Å². The number of nitrogens with one attached hydrogen (secondary N) is 1. The van der Waals surface area contributed by atoms with E-state index in [2.05, 4.69) is 17.4 Å². The molecule has 7 heteroatoms. The summed E-state index contributed by atoms with van der Waals surface area (Å²) in [6.07, 6.45) is -1.72. The number of benzene rings is 3. The largest absolute Gasteiger partial charge is 0.547 e. The normalized spacial score (nSPS) is 16.9. The highest BCUT2D eigenvalue weighted by Crippen LogP contribution is 2.33. The van der Waals surface area contributed by atoms with Crippen LogP contribution in [0.1, 0.15) is 30.3 Å². The molecule has 1 aliphatic heterocycles. The molecule has 2 N–H and O–H groups in total. The zero-order chi connectivity index (χ0) is 24.2. The van der Waals surface area contributed by atoms with Gasteiger partial charge < -0.3 is 34.5 Å². The van der Waals surface area contributed by atoms with Gasteiger partial charge >= 0.3 is 0 Å². The van der Waals surface area contributed by atoms with Crippen molar-refractivity contribution in [1.29, 1.82) is 0 Å². The summed E-state index contributed by atoms with van der Waals surface area (Å²) >= 11 is 0. The molecule has 1 aliphatic rings. The molecule has 0 aliphatic carbocycles. The second-order valence-corrected chi connectivity index (χ2v) is 7.57. The number of aliphatic hydroxyl groups excluding tert-OH is 1. The number of ether oxygens (including phenoxy) is 3. The molecule has 0 spiro atoms. The van der Waals surface area contributed by atoms with E-state index in [0.717, 1.165) is 30.2 Å². The van der Waals surface area contributed by atoms with Gasteiger partial charge in [0.05, 0.1) is 19.2 Å². The molecule has 7 nitrogen and oxygen atoms in total. The van der Waals surface area contributed by atoms with Crippen LogP contribution in [0.5, 0.6) is 11.5 Å². The lowest BCUT2D eigenvalue weighted by Crippen LogP contribution is -2.43. The summed E-state index contributed by atoms with van der Waals surface area (Å²) in [5.74, 6) is 0.0354. The number of carboxylic acids is 1. The number of carbonyl (C=O) groups excluding carboxylic acids is 1. The second-order valence-electron chi connectivity index (χ2n) is 7.57. The summed E-state index contributed by atoms with van der Waals surface area (Å²) in [7, 11) is 0. The lowest BCUT2D eigenvalue weighted by atomic mass is 10.0. The fourth-order valence-electron chi connectivity index (χ4n) is 3.51. The molecule has 1 fully saturated rings. The molecule has 3 aromatic rings. The Morgan fingerprint density at radius 2 is 1.59 bits per heavy atom. The Hall–Kier alpha value is -3.39. The molecule has 34 heavy (non-hydrogen) atoms. The SMILES string of the molecule is CCOc1ccccc1O[C@@H](c1ccccc1)[C@@H]1CNCCO1.O=C([O-])C(O)c1ccccc1. The van der Waals surface area contributed by atoms with Gasteiger partial charge in [0.25, 0.3) is 0 Å². The van der Waals surface area contributed by atoms with Gasteiger partial charge in [0.15, 0.2) is 17.6 Å². The minimum absolute atomic E-state index is 0.0270. The van der Waals surface area contributed by atoms with Gasteiger partial charge in [-0.05, 0) is 30.2 Å². The number of aliphatic carboxylic acids is 1. The van der Waals surface area contributed by atoms with Crippen LogP contribution in [0, 0.1) is 0 Å². The molecule has 3 atom stereocenters. The van der Waals surface area contributed by atoms with Gasteiger partial charge in [-0.25, -0.2) is 0 Å². The average Bonchev–Trinajstić information content (AvgIpc) is 2.90. The summed E-state index contributed by atoms with van der Waals surface area (Å²) in [5, 5.41) is 22.4. The maximum Gasteiger partial charge on any atom is 0.162 e. The number of carboxylic acid groups (broad SMARTS) is 1. The topological polar surface area (TPSA) is 100 Å². The summed E-state index contributed by atoms with van der Waals surface area (Å²) in [4.78, 5) is 10.1. The average molecular weight is 465 g/mol. The maximum absolute atomic E-state index is 10.1. The molecule has 0 aromatic heterocycles. The van der Waals surface area contributed by atoms with E-state index >= 15 is 0 Å². The monoisotopic (exact) mass is 464 g/mol. The van der Waals surface area contributed by atoms with Crippen LogP contribution in [-0.2, 0) is 9.53 Å². The molecule has 180 valence electrons. The van der Waals surface area contributed by atoms with Crippen LogP contribution in [0.15, 0.2) is 84.9 Å². The number of aliphatic hydroxyl groups is 1. The summed E-state index contributed by atoms with van der Waals surface area (Å²) < 4.78 is 18.0. The van der Waals surface area contributed by atoms with Crippen LogP contribution >= 0.6 is 0 Å². The van der Waals surface area contributed by atoms with Crippen LogP contribution in [0.3, 0.4) is 0 Å². The standard InChI is InChI=1S/C19H23NO3.C8H8O3/c1-2-21-16-10-6-7-11-17(16)23-19(15-8-4-3-5-9-15)18-14-20-12-13-22-18;9-7(8(10)11)6-4-2-1-3-5-6/h3-11,18-20H,2,12-14H2,1H3;1-5,7,9H,(H,10,11)/p-1/t18-,19-;/m0./s1. The molecule has 0 bridgehead atoms. The third-order valence-corrected chi connectivity index (χ3v) is 5.16. The molecule has 1 unspecified atom stereocenters. The minimum atomic E-state index is -1.52. The van der Waals surface area contributed by atoms with Gasteiger partial charge in [-0.2, -0.15) is 0 Å². The Balaban J connectivity index is 0.000000248. The minimum Gasteiger partial charge on any atom is -0.547 e. The first kappa shape index (κ1) is 25.2. The Bertz CT molecular complexity index is 992. The quantitative estimate of drug-likeness (QED) is 0.529.